The number of piperidine rings is 1. The number of amides is 1. The molecule has 1 aromatic carbocycles. The molecule has 18 heavy (non-hydrogen) atoms. The van der Waals surface area contributed by atoms with Crippen LogP contribution in [0.2, 0.25) is 0 Å². The van der Waals surface area contributed by atoms with Crippen molar-refractivity contribution in [1.29, 1.82) is 0 Å². The van der Waals surface area contributed by atoms with Crippen LogP contribution in [0.3, 0.4) is 0 Å². The Hall–Kier alpha value is -0.620. The molecule has 3 nitrogen and oxygen atoms in total. The second-order valence-corrected chi connectivity index (χ2v) is 6.12. The molecule has 1 saturated heterocycles. The number of hydrogen-bond donors (Lipinski definition) is 1. The number of carbonyl (C=O) groups excluding carboxylic acids is 1. The minimum absolute atomic E-state index is 0.0879. The number of halogens is 1. The topological polar surface area (TPSA) is 32.3 Å². The van der Waals surface area contributed by atoms with Crippen LogP contribution < -0.4 is 5.32 Å². The molecule has 0 saturated carbocycles. The summed E-state index contributed by atoms with van der Waals surface area (Å²) >= 11 is 2.26. The lowest BCUT2D eigenvalue weighted by Gasteiger charge is -2.32. The number of carbonyl (C=O) groups is 1. The Kier molecular flexibility index (Phi) is 5.00. The van der Waals surface area contributed by atoms with E-state index in [1.807, 2.05) is 24.3 Å². The first-order valence-electron chi connectivity index (χ1n) is 6.44. The molecule has 0 aromatic heterocycles. The van der Waals surface area contributed by atoms with Crippen LogP contribution in [-0.4, -0.2) is 29.9 Å². The number of nitrogens with zero attached hydrogens (tertiary/aromatic N) is 1. The SMILES string of the molecule is C[C@H]1CCCCN1CC(=O)Nc1ccc(I)cc1. The van der Waals surface area contributed by atoms with Gasteiger partial charge in [0.15, 0.2) is 0 Å². The fourth-order valence-electron chi connectivity index (χ4n) is 2.31. The van der Waals surface area contributed by atoms with Gasteiger partial charge in [-0.05, 0) is 73.2 Å². The summed E-state index contributed by atoms with van der Waals surface area (Å²) in [6.07, 6.45) is 3.70. The summed E-state index contributed by atoms with van der Waals surface area (Å²) in [5, 5.41) is 2.95. The molecule has 1 N–H and O–H groups in total. The van der Waals surface area contributed by atoms with E-state index in [-0.39, 0.29) is 5.91 Å². The Balaban J connectivity index is 1.86. The molecule has 4 heteroatoms. The first-order valence-corrected chi connectivity index (χ1v) is 7.52. The summed E-state index contributed by atoms with van der Waals surface area (Å²) in [5.41, 5.74) is 0.880. The maximum Gasteiger partial charge on any atom is 0.238 e. The van der Waals surface area contributed by atoms with E-state index in [9.17, 15) is 4.79 Å². The number of hydrogen-bond acceptors (Lipinski definition) is 2. The Labute approximate surface area is 122 Å². The Morgan fingerprint density at radius 2 is 2.11 bits per heavy atom. The molecular formula is C14H19IN2O. The van der Waals surface area contributed by atoms with Gasteiger partial charge in [-0.25, -0.2) is 0 Å². The van der Waals surface area contributed by atoms with Crippen molar-refractivity contribution >= 4 is 34.2 Å². The Bertz CT molecular complexity index is 405. The van der Waals surface area contributed by atoms with Gasteiger partial charge in [-0.1, -0.05) is 6.42 Å². The highest BCUT2D eigenvalue weighted by atomic mass is 127. The van der Waals surface area contributed by atoms with Gasteiger partial charge in [0.05, 0.1) is 6.54 Å². The zero-order valence-corrected chi connectivity index (χ0v) is 12.8. The highest BCUT2D eigenvalue weighted by Crippen LogP contribution is 2.16. The molecule has 2 rings (SSSR count). The molecular weight excluding hydrogens is 339 g/mol. The molecule has 1 amide bonds. The third-order valence-electron chi connectivity index (χ3n) is 3.42. The summed E-state index contributed by atoms with van der Waals surface area (Å²) in [6.45, 7) is 3.76. The average Bonchev–Trinajstić information content (AvgIpc) is 2.35. The molecule has 0 spiro atoms. The maximum atomic E-state index is 12.0. The molecule has 0 unspecified atom stereocenters. The van der Waals surface area contributed by atoms with Crippen molar-refractivity contribution in [3.8, 4) is 0 Å². The van der Waals surface area contributed by atoms with Crippen molar-refractivity contribution in [3.05, 3.63) is 27.8 Å². The van der Waals surface area contributed by atoms with Crippen LogP contribution in [0.1, 0.15) is 26.2 Å². The zero-order valence-electron chi connectivity index (χ0n) is 10.7. The fraction of sp³-hybridized carbons (Fsp3) is 0.500. The lowest BCUT2D eigenvalue weighted by molar-refractivity contribution is -0.118. The molecule has 1 aromatic rings. The molecule has 0 bridgehead atoms. The molecule has 98 valence electrons. The van der Waals surface area contributed by atoms with E-state index in [0.29, 0.717) is 12.6 Å². The van der Waals surface area contributed by atoms with E-state index in [1.54, 1.807) is 0 Å². The summed E-state index contributed by atoms with van der Waals surface area (Å²) in [4.78, 5) is 14.2. The predicted molar refractivity (Wildman–Crippen MR) is 82.7 cm³/mol. The van der Waals surface area contributed by atoms with Crippen LogP contribution in [0.25, 0.3) is 0 Å². The third-order valence-corrected chi connectivity index (χ3v) is 4.13. The molecule has 0 radical (unpaired) electrons. The minimum Gasteiger partial charge on any atom is -0.325 e. The lowest BCUT2D eigenvalue weighted by atomic mass is 10.0. The van der Waals surface area contributed by atoms with Crippen LogP contribution in [0.4, 0.5) is 5.69 Å². The van der Waals surface area contributed by atoms with Crippen LogP contribution in [0.5, 0.6) is 0 Å². The summed E-state index contributed by atoms with van der Waals surface area (Å²) in [6, 6.07) is 8.42. The molecule has 1 fully saturated rings. The number of anilines is 1. The zero-order chi connectivity index (χ0) is 13.0. The van der Waals surface area contributed by atoms with Gasteiger partial charge in [0.1, 0.15) is 0 Å². The van der Waals surface area contributed by atoms with Crippen LogP contribution >= 0.6 is 22.6 Å². The molecule has 1 heterocycles. The molecule has 0 aliphatic carbocycles. The van der Waals surface area contributed by atoms with E-state index in [1.165, 1.54) is 22.8 Å². The standard InChI is InChI=1S/C14H19IN2O/c1-11-4-2-3-9-17(11)10-14(18)16-13-7-5-12(15)6-8-13/h5-8,11H,2-4,9-10H2,1H3,(H,16,18)/t11-/m0/s1. The molecule has 1 aliphatic rings. The average molecular weight is 358 g/mol. The van der Waals surface area contributed by atoms with Gasteiger partial charge in [0, 0.05) is 15.3 Å². The molecule has 1 aliphatic heterocycles. The van der Waals surface area contributed by atoms with Gasteiger partial charge < -0.3 is 5.32 Å². The van der Waals surface area contributed by atoms with Crippen molar-refractivity contribution in [2.45, 2.75) is 32.2 Å². The second kappa shape index (κ2) is 6.52. The number of benzene rings is 1. The van der Waals surface area contributed by atoms with Crippen LogP contribution in [0.15, 0.2) is 24.3 Å². The van der Waals surface area contributed by atoms with Crippen molar-refractivity contribution in [2.75, 3.05) is 18.4 Å². The first-order chi connectivity index (χ1) is 8.65. The quantitative estimate of drug-likeness (QED) is 0.843. The van der Waals surface area contributed by atoms with Crippen molar-refractivity contribution in [2.24, 2.45) is 0 Å². The highest BCUT2D eigenvalue weighted by Gasteiger charge is 2.20. The maximum absolute atomic E-state index is 12.0. The lowest BCUT2D eigenvalue weighted by Crippen LogP contribution is -2.42. The first kappa shape index (κ1) is 13.8. The predicted octanol–water partition coefficient (Wildman–Crippen LogP) is 3.10. The Morgan fingerprint density at radius 3 is 2.78 bits per heavy atom. The van der Waals surface area contributed by atoms with E-state index < -0.39 is 0 Å². The van der Waals surface area contributed by atoms with E-state index in [4.69, 9.17) is 0 Å². The van der Waals surface area contributed by atoms with Crippen molar-refractivity contribution in [3.63, 3.8) is 0 Å². The monoisotopic (exact) mass is 358 g/mol. The van der Waals surface area contributed by atoms with Crippen LogP contribution in [0, 0.1) is 3.57 Å². The largest absolute Gasteiger partial charge is 0.325 e. The van der Waals surface area contributed by atoms with Gasteiger partial charge >= 0.3 is 0 Å². The minimum atomic E-state index is 0.0879. The van der Waals surface area contributed by atoms with Gasteiger partial charge in [-0.3, -0.25) is 9.69 Å². The summed E-state index contributed by atoms with van der Waals surface area (Å²) in [5.74, 6) is 0.0879. The van der Waals surface area contributed by atoms with Gasteiger partial charge in [0.2, 0.25) is 5.91 Å². The van der Waals surface area contributed by atoms with Crippen molar-refractivity contribution < 1.29 is 4.79 Å². The summed E-state index contributed by atoms with van der Waals surface area (Å²) in [7, 11) is 0. The van der Waals surface area contributed by atoms with E-state index in [0.717, 1.165) is 12.2 Å². The number of likely N-dealkylation sites (tertiary alicyclic amines) is 1. The third kappa shape index (κ3) is 3.95. The molecule has 1 atom stereocenters. The van der Waals surface area contributed by atoms with Gasteiger partial charge in [-0.2, -0.15) is 0 Å². The normalized spacial score (nSPS) is 20.7. The highest BCUT2D eigenvalue weighted by molar-refractivity contribution is 14.1. The van der Waals surface area contributed by atoms with Gasteiger partial charge in [-0.15, -0.1) is 0 Å². The summed E-state index contributed by atoms with van der Waals surface area (Å²) < 4.78 is 1.18. The van der Waals surface area contributed by atoms with E-state index >= 15 is 0 Å². The van der Waals surface area contributed by atoms with Crippen LogP contribution in [-0.2, 0) is 4.79 Å². The number of nitrogens with one attached hydrogen (secondary N) is 1. The smallest absolute Gasteiger partial charge is 0.238 e. The van der Waals surface area contributed by atoms with Gasteiger partial charge in [0.25, 0.3) is 0 Å². The van der Waals surface area contributed by atoms with Crippen molar-refractivity contribution in [1.82, 2.24) is 4.90 Å². The number of rotatable bonds is 3. The Morgan fingerprint density at radius 1 is 1.39 bits per heavy atom. The van der Waals surface area contributed by atoms with E-state index in [2.05, 4.69) is 39.7 Å². The second-order valence-electron chi connectivity index (χ2n) is 4.87. The fourth-order valence-corrected chi connectivity index (χ4v) is 2.67.